The molecular weight excluding hydrogens is 386 g/mol. The molecule has 0 aliphatic heterocycles. The van der Waals surface area contributed by atoms with Crippen molar-refractivity contribution in [1.82, 2.24) is 5.32 Å². The van der Waals surface area contributed by atoms with E-state index in [1.54, 1.807) is 0 Å². The molecule has 0 fully saturated rings. The highest BCUT2D eigenvalue weighted by Gasteiger charge is 2.09. The highest BCUT2D eigenvalue weighted by Crippen LogP contribution is 2.25. The van der Waals surface area contributed by atoms with Crippen LogP contribution in [0.1, 0.15) is 35.2 Å². The van der Waals surface area contributed by atoms with E-state index in [-0.39, 0.29) is 6.04 Å². The molecule has 3 aromatic carbocycles. The highest BCUT2D eigenvalue weighted by molar-refractivity contribution is 9.10. The standard InChI is InChI=1S/C23H24BrNO/c1-17-7-6-8-19(13-17)16-26-23-12-11-22(24)14-21(23)15-25-18(2)20-9-4-3-5-10-20/h3-14,18,25H,15-16H2,1-2H3/t18-/m1/s1. The van der Waals surface area contributed by atoms with Crippen molar-refractivity contribution in [2.24, 2.45) is 0 Å². The van der Waals surface area contributed by atoms with E-state index in [1.165, 1.54) is 16.7 Å². The quantitative estimate of drug-likeness (QED) is 0.502. The molecule has 0 unspecified atom stereocenters. The van der Waals surface area contributed by atoms with E-state index < -0.39 is 0 Å². The maximum Gasteiger partial charge on any atom is 0.124 e. The molecule has 0 saturated carbocycles. The molecule has 0 aliphatic carbocycles. The molecule has 0 saturated heterocycles. The second kappa shape index (κ2) is 9.02. The SMILES string of the molecule is Cc1cccc(COc2ccc(Br)cc2CN[C@H](C)c2ccccc2)c1. The number of hydrogen-bond donors (Lipinski definition) is 1. The number of benzene rings is 3. The molecule has 1 N–H and O–H groups in total. The lowest BCUT2D eigenvalue weighted by atomic mass is 10.1. The molecular formula is C23H24BrNO. The molecule has 0 aliphatic rings. The van der Waals surface area contributed by atoms with Gasteiger partial charge in [-0.05, 0) is 43.2 Å². The Hall–Kier alpha value is -2.10. The molecule has 0 heterocycles. The Balaban J connectivity index is 1.67. The Labute approximate surface area is 164 Å². The molecule has 0 bridgehead atoms. The number of halogens is 1. The zero-order valence-corrected chi connectivity index (χ0v) is 16.8. The van der Waals surface area contributed by atoms with Gasteiger partial charge in [0.15, 0.2) is 0 Å². The molecule has 3 aromatic rings. The zero-order chi connectivity index (χ0) is 18.4. The lowest BCUT2D eigenvalue weighted by molar-refractivity contribution is 0.301. The van der Waals surface area contributed by atoms with Crippen LogP contribution >= 0.6 is 15.9 Å². The Morgan fingerprint density at radius 2 is 1.77 bits per heavy atom. The molecule has 1 atom stereocenters. The van der Waals surface area contributed by atoms with Crippen LogP contribution in [-0.4, -0.2) is 0 Å². The highest BCUT2D eigenvalue weighted by atomic mass is 79.9. The van der Waals surface area contributed by atoms with Gasteiger partial charge >= 0.3 is 0 Å². The Kier molecular flexibility index (Phi) is 6.48. The van der Waals surface area contributed by atoms with Crippen molar-refractivity contribution < 1.29 is 4.74 Å². The third-order valence-corrected chi connectivity index (χ3v) is 4.89. The van der Waals surface area contributed by atoms with Crippen LogP contribution in [0.3, 0.4) is 0 Å². The molecule has 2 nitrogen and oxygen atoms in total. The van der Waals surface area contributed by atoms with Crippen LogP contribution in [-0.2, 0) is 13.2 Å². The molecule has 26 heavy (non-hydrogen) atoms. The van der Waals surface area contributed by atoms with E-state index in [0.29, 0.717) is 6.61 Å². The first kappa shape index (κ1) is 18.7. The fourth-order valence-electron chi connectivity index (χ4n) is 2.91. The minimum atomic E-state index is 0.278. The van der Waals surface area contributed by atoms with Gasteiger partial charge in [0.05, 0.1) is 0 Å². The zero-order valence-electron chi connectivity index (χ0n) is 15.2. The van der Waals surface area contributed by atoms with Crippen LogP contribution in [0.5, 0.6) is 5.75 Å². The van der Waals surface area contributed by atoms with Gasteiger partial charge in [0.25, 0.3) is 0 Å². The summed E-state index contributed by atoms with van der Waals surface area (Å²) in [6.07, 6.45) is 0. The third-order valence-electron chi connectivity index (χ3n) is 4.40. The summed E-state index contributed by atoms with van der Waals surface area (Å²) in [6, 6.07) is 25.4. The number of ether oxygens (including phenoxy) is 1. The first-order valence-corrected chi connectivity index (χ1v) is 9.66. The average Bonchev–Trinajstić information content (AvgIpc) is 2.66. The number of nitrogens with one attached hydrogen (secondary N) is 1. The lowest BCUT2D eigenvalue weighted by Crippen LogP contribution is -2.18. The van der Waals surface area contributed by atoms with Gasteiger partial charge in [-0.15, -0.1) is 0 Å². The van der Waals surface area contributed by atoms with Gasteiger partial charge in [-0.2, -0.15) is 0 Å². The third kappa shape index (κ3) is 5.20. The van der Waals surface area contributed by atoms with Gasteiger partial charge in [0.2, 0.25) is 0 Å². The maximum atomic E-state index is 6.11. The molecule has 134 valence electrons. The van der Waals surface area contributed by atoms with E-state index >= 15 is 0 Å². The molecule has 0 aromatic heterocycles. The van der Waals surface area contributed by atoms with Crippen LogP contribution in [0.2, 0.25) is 0 Å². The summed E-state index contributed by atoms with van der Waals surface area (Å²) in [5.74, 6) is 0.919. The number of hydrogen-bond acceptors (Lipinski definition) is 2. The van der Waals surface area contributed by atoms with E-state index in [4.69, 9.17) is 4.74 Å². The van der Waals surface area contributed by atoms with Crippen LogP contribution in [0.25, 0.3) is 0 Å². The lowest BCUT2D eigenvalue weighted by Gasteiger charge is -2.17. The topological polar surface area (TPSA) is 21.3 Å². The fourth-order valence-corrected chi connectivity index (χ4v) is 3.32. The second-order valence-corrected chi connectivity index (χ2v) is 7.46. The monoisotopic (exact) mass is 409 g/mol. The summed E-state index contributed by atoms with van der Waals surface area (Å²) >= 11 is 3.57. The van der Waals surface area contributed by atoms with Gasteiger partial charge in [-0.1, -0.05) is 76.1 Å². The van der Waals surface area contributed by atoms with Crippen LogP contribution < -0.4 is 10.1 Å². The smallest absolute Gasteiger partial charge is 0.124 e. The van der Waals surface area contributed by atoms with Gasteiger partial charge in [-0.25, -0.2) is 0 Å². The first-order valence-electron chi connectivity index (χ1n) is 8.87. The fraction of sp³-hybridized carbons (Fsp3) is 0.217. The maximum absolute atomic E-state index is 6.11. The molecule has 0 radical (unpaired) electrons. The van der Waals surface area contributed by atoms with Crippen molar-refractivity contribution in [2.45, 2.75) is 33.0 Å². The summed E-state index contributed by atoms with van der Waals surface area (Å²) in [5, 5.41) is 3.59. The van der Waals surface area contributed by atoms with E-state index in [0.717, 1.165) is 22.3 Å². The minimum absolute atomic E-state index is 0.278. The van der Waals surface area contributed by atoms with E-state index in [1.807, 2.05) is 18.2 Å². The predicted octanol–water partition coefficient (Wildman–Crippen LogP) is 6.19. The summed E-state index contributed by atoms with van der Waals surface area (Å²) in [5.41, 5.74) is 4.87. The van der Waals surface area contributed by atoms with Gasteiger partial charge in [0, 0.05) is 22.6 Å². The molecule has 3 heteroatoms. The Bertz CT molecular complexity index is 848. The van der Waals surface area contributed by atoms with Crippen molar-refractivity contribution in [3.63, 3.8) is 0 Å². The number of rotatable bonds is 7. The first-order chi connectivity index (χ1) is 12.6. The molecule has 0 spiro atoms. The van der Waals surface area contributed by atoms with Gasteiger partial charge in [-0.3, -0.25) is 0 Å². The Morgan fingerprint density at radius 1 is 0.962 bits per heavy atom. The number of aryl methyl sites for hydroxylation is 1. The van der Waals surface area contributed by atoms with Crippen molar-refractivity contribution >= 4 is 15.9 Å². The predicted molar refractivity (Wildman–Crippen MR) is 111 cm³/mol. The summed E-state index contributed by atoms with van der Waals surface area (Å²) in [7, 11) is 0. The van der Waals surface area contributed by atoms with Gasteiger partial charge < -0.3 is 10.1 Å². The van der Waals surface area contributed by atoms with Crippen molar-refractivity contribution in [3.8, 4) is 5.75 Å². The summed E-state index contributed by atoms with van der Waals surface area (Å²) < 4.78 is 7.17. The minimum Gasteiger partial charge on any atom is -0.489 e. The van der Waals surface area contributed by atoms with Gasteiger partial charge in [0.1, 0.15) is 12.4 Å². The van der Waals surface area contributed by atoms with Crippen molar-refractivity contribution in [3.05, 3.63) is 99.5 Å². The Morgan fingerprint density at radius 3 is 2.54 bits per heavy atom. The van der Waals surface area contributed by atoms with Crippen LogP contribution in [0.4, 0.5) is 0 Å². The molecule has 3 rings (SSSR count). The normalized spacial score (nSPS) is 12.0. The van der Waals surface area contributed by atoms with Crippen molar-refractivity contribution in [2.75, 3.05) is 0 Å². The second-order valence-electron chi connectivity index (χ2n) is 6.54. The van der Waals surface area contributed by atoms with Crippen LogP contribution in [0, 0.1) is 6.92 Å². The summed E-state index contributed by atoms with van der Waals surface area (Å²) in [4.78, 5) is 0. The van der Waals surface area contributed by atoms with E-state index in [9.17, 15) is 0 Å². The van der Waals surface area contributed by atoms with E-state index in [2.05, 4.69) is 89.7 Å². The largest absolute Gasteiger partial charge is 0.489 e. The van der Waals surface area contributed by atoms with Crippen molar-refractivity contribution in [1.29, 1.82) is 0 Å². The van der Waals surface area contributed by atoms with Crippen LogP contribution in [0.15, 0.2) is 77.3 Å². The average molecular weight is 410 g/mol. The summed E-state index contributed by atoms with van der Waals surface area (Å²) in [6.45, 7) is 5.60. The molecule has 0 amide bonds.